The van der Waals surface area contributed by atoms with Crippen LogP contribution in [0.5, 0.6) is 5.75 Å². The zero-order valence-corrected chi connectivity index (χ0v) is 28.0. The molecule has 1 aliphatic carbocycles. The predicted molar refractivity (Wildman–Crippen MR) is 186 cm³/mol. The van der Waals surface area contributed by atoms with Crippen molar-refractivity contribution < 1.29 is 18.8 Å². The Morgan fingerprint density at radius 1 is 0.979 bits per heavy atom. The quantitative estimate of drug-likeness (QED) is 0.257. The summed E-state index contributed by atoms with van der Waals surface area (Å²) in [5.41, 5.74) is 2.63. The second-order valence-electron chi connectivity index (χ2n) is 12.8. The maximum atomic E-state index is 14.8. The Balaban J connectivity index is 1.08. The summed E-state index contributed by atoms with van der Waals surface area (Å²) in [5.74, 6) is 0.841. The van der Waals surface area contributed by atoms with Crippen molar-refractivity contribution in [2.24, 2.45) is 0 Å². The molecule has 7 rings (SSSR count). The van der Waals surface area contributed by atoms with Crippen LogP contribution in [0.4, 0.5) is 33.1 Å². The summed E-state index contributed by atoms with van der Waals surface area (Å²) in [4.78, 5) is 35.0. The molecule has 0 spiro atoms. The summed E-state index contributed by atoms with van der Waals surface area (Å²) in [5, 5.41) is 8.27. The maximum absolute atomic E-state index is 14.8. The minimum Gasteiger partial charge on any atom is -0.494 e. The van der Waals surface area contributed by atoms with Crippen molar-refractivity contribution in [3.63, 3.8) is 0 Å². The Hall–Kier alpha value is -3.97. The fourth-order valence-electron chi connectivity index (χ4n) is 7.18. The number of hydrogen-bond acceptors (Lipinski definition) is 10. The van der Waals surface area contributed by atoms with Crippen LogP contribution in [0, 0.1) is 5.82 Å². The van der Waals surface area contributed by atoms with Gasteiger partial charge in [-0.3, -0.25) is 19.4 Å². The van der Waals surface area contributed by atoms with E-state index in [1.165, 1.54) is 44.4 Å². The van der Waals surface area contributed by atoms with E-state index in [-0.39, 0.29) is 11.9 Å². The number of carbonyl (C=O) groups is 1. The highest BCUT2D eigenvalue weighted by Gasteiger charge is 2.35. The number of amides is 1. The van der Waals surface area contributed by atoms with E-state index in [2.05, 4.69) is 41.9 Å². The third kappa shape index (κ3) is 7.07. The molecule has 4 fully saturated rings. The van der Waals surface area contributed by atoms with Gasteiger partial charge in [0.15, 0.2) is 5.82 Å². The van der Waals surface area contributed by atoms with Crippen LogP contribution >= 0.6 is 11.6 Å². The Labute approximate surface area is 285 Å². The first-order chi connectivity index (χ1) is 23.4. The van der Waals surface area contributed by atoms with Crippen LogP contribution in [0.3, 0.4) is 0 Å². The molecule has 4 aliphatic rings. The molecule has 1 amide bonds. The lowest BCUT2D eigenvalue weighted by Gasteiger charge is -2.43. The second kappa shape index (κ2) is 14.3. The molecule has 13 heteroatoms. The minimum absolute atomic E-state index is 0.299. The van der Waals surface area contributed by atoms with Gasteiger partial charge in [-0.05, 0) is 50.0 Å². The molecule has 254 valence electrons. The molecular weight excluding hydrogens is 635 g/mol. The van der Waals surface area contributed by atoms with Crippen LogP contribution in [0.15, 0.2) is 55.4 Å². The molecule has 0 bridgehead atoms. The summed E-state index contributed by atoms with van der Waals surface area (Å²) in [6.07, 6.45) is 8.12. The number of nitrogens with zero attached hydrogens (tertiary/aromatic N) is 6. The van der Waals surface area contributed by atoms with Crippen LogP contribution in [0.25, 0.3) is 0 Å². The van der Waals surface area contributed by atoms with Gasteiger partial charge < -0.3 is 20.3 Å². The van der Waals surface area contributed by atoms with Crippen molar-refractivity contribution in [2.45, 2.75) is 50.2 Å². The van der Waals surface area contributed by atoms with Crippen molar-refractivity contribution in [2.75, 3.05) is 73.6 Å². The Morgan fingerprint density at radius 2 is 1.71 bits per heavy atom. The summed E-state index contributed by atoms with van der Waals surface area (Å²) in [6, 6.07) is 11.2. The molecule has 4 heterocycles. The highest BCUT2D eigenvalue weighted by Crippen LogP contribution is 2.41. The molecule has 1 aromatic heterocycles. The van der Waals surface area contributed by atoms with Gasteiger partial charge >= 0.3 is 0 Å². The smallest absolute Gasteiger partial charge is 0.247 e. The lowest BCUT2D eigenvalue weighted by atomic mass is 10.0. The van der Waals surface area contributed by atoms with Gasteiger partial charge in [0, 0.05) is 80.5 Å². The van der Waals surface area contributed by atoms with E-state index in [0.29, 0.717) is 58.4 Å². The van der Waals surface area contributed by atoms with Gasteiger partial charge in [0.05, 0.1) is 36.8 Å². The number of nitrogens with one attached hydrogen (secondary N) is 2. The minimum atomic E-state index is -0.398. The third-order valence-corrected chi connectivity index (χ3v) is 10.1. The van der Waals surface area contributed by atoms with Crippen LogP contribution in [-0.2, 0) is 9.63 Å². The van der Waals surface area contributed by atoms with Crippen molar-refractivity contribution in [1.29, 1.82) is 0 Å². The van der Waals surface area contributed by atoms with Crippen LogP contribution in [0.1, 0.15) is 43.7 Å². The molecule has 48 heavy (non-hydrogen) atoms. The number of anilines is 5. The topological polar surface area (TPSA) is 98.3 Å². The molecule has 2 aromatic carbocycles. The number of hydroxylamine groups is 1. The van der Waals surface area contributed by atoms with Gasteiger partial charge in [0.25, 0.3) is 0 Å². The average molecular weight is 677 g/mol. The van der Waals surface area contributed by atoms with Gasteiger partial charge in [0.2, 0.25) is 5.91 Å². The van der Waals surface area contributed by atoms with Crippen molar-refractivity contribution in [1.82, 2.24) is 19.8 Å². The summed E-state index contributed by atoms with van der Waals surface area (Å²) >= 11 is 5.99. The first-order valence-electron chi connectivity index (χ1n) is 16.7. The first-order valence-corrected chi connectivity index (χ1v) is 17.1. The molecular formula is C35H42ClFN8O3. The first kappa shape index (κ1) is 32.6. The number of piperidine rings is 1. The summed E-state index contributed by atoms with van der Waals surface area (Å²) < 4.78 is 20.7. The molecule has 2 N–H and O–H groups in total. The number of halogens is 2. The van der Waals surface area contributed by atoms with E-state index in [9.17, 15) is 9.18 Å². The molecule has 1 atom stereocenters. The lowest BCUT2D eigenvalue weighted by Crippen LogP contribution is -2.53. The highest BCUT2D eigenvalue weighted by molar-refractivity contribution is 6.30. The highest BCUT2D eigenvalue weighted by atomic mass is 35.5. The Kier molecular flexibility index (Phi) is 9.67. The third-order valence-electron chi connectivity index (χ3n) is 9.86. The molecule has 3 aromatic rings. The molecule has 1 saturated carbocycles. The van der Waals surface area contributed by atoms with Crippen LogP contribution in [-0.4, -0.2) is 90.7 Å². The normalized spacial score (nSPS) is 20.9. The van der Waals surface area contributed by atoms with E-state index in [4.69, 9.17) is 21.2 Å². The van der Waals surface area contributed by atoms with E-state index in [1.54, 1.807) is 30.4 Å². The number of methoxy groups -OCH3 is 1. The Bertz CT molecular complexity index is 1640. The largest absolute Gasteiger partial charge is 0.494 e. The lowest BCUT2D eigenvalue weighted by molar-refractivity contribution is -0.111. The van der Waals surface area contributed by atoms with Crippen molar-refractivity contribution in [3.05, 3.63) is 71.8 Å². The maximum Gasteiger partial charge on any atom is 0.247 e. The van der Waals surface area contributed by atoms with E-state index in [1.807, 2.05) is 12.1 Å². The monoisotopic (exact) mass is 676 g/mol. The van der Waals surface area contributed by atoms with E-state index in [0.717, 1.165) is 50.7 Å². The Morgan fingerprint density at radius 3 is 2.38 bits per heavy atom. The number of hydrogen-bond donors (Lipinski definition) is 2. The number of carbonyl (C=O) groups excluding carboxylic acids is 1. The SMILES string of the molecule is C=CC(=O)Nc1cc(Nc2cc(N3OCC[C@@H]3c3ccc(Cl)cc3F)ncn2)c(OC)cc1N1CCC(N2CCN(C3CC3)CC2)CC1. The molecule has 3 aliphatic heterocycles. The zero-order chi connectivity index (χ0) is 33.2. The molecule has 0 unspecified atom stereocenters. The van der Waals surface area contributed by atoms with Gasteiger partial charge in [-0.15, -0.1) is 0 Å². The fraction of sp³-hybridized carbons (Fsp3) is 0.457. The van der Waals surface area contributed by atoms with Gasteiger partial charge in [-0.2, -0.15) is 0 Å². The molecule has 11 nitrogen and oxygen atoms in total. The van der Waals surface area contributed by atoms with Gasteiger partial charge in [-0.1, -0.05) is 24.2 Å². The van der Waals surface area contributed by atoms with Gasteiger partial charge in [-0.25, -0.2) is 19.4 Å². The fourth-order valence-corrected chi connectivity index (χ4v) is 7.34. The van der Waals surface area contributed by atoms with Crippen molar-refractivity contribution in [3.8, 4) is 5.75 Å². The standard InChI is InChI=1S/C35H42ClFN8O3/c1-3-35(46)41-28-19-29(40-33-21-34(39-22-38-33)45-30(10-17-48-45)26-7-4-23(36)18-27(26)37)32(47-2)20-31(28)44-11-8-25(9-12-44)43-15-13-42(14-16-43)24-5-6-24/h3-4,7,18-22,24-25,30H,1,5-6,8-17H2,2H3,(H,41,46)(H,38,39,40)/t30-/m1/s1. The number of ether oxygens (including phenoxy) is 1. The second-order valence-corrected chi connectivity index (χ2v) is 13.2. The zero-order valence-electron chi connectivity index (χ0n) is 27.2. The average Bonchev–Trinajstić information content (AvgIpc) is 3.85. The predicted octanol–water partition coefficient (Wildman–Crippen LogP) is 5.78. The molecule has 0 radical (unpaired) electrons. The number of benzene rings is 2. The van der Waals surface area contributed by atoms with E-state index < -0.39 is 5.82 Å². The van der Waals surface area contributed by atoms with Crippen LogP contribution in [0.2, 0.25) is 5.02 Å². The van der Waals surface area contributed by atoms with Gasteiger partial charge in [0.1, 0.15) is 23.7 Å². The number of rotatable bonds is 10. The number of aromatic nitrogens is 2. The van der Waals surface area contributed by atoms with Crippen molar-refractivity contribution >= 4 is 46.2 Å². The summed E-state index contributed by atoms with van der Waals surface area (Å²) in [6.45, 7) is 10.4. The summed E-state index contributed by atoms with van der Waals surface area (Å²) in [7, 11) is 1.62. The van der Waals surface area contributed by atoms with Crippen LogP contribution < -0.4 is 25.3 Å². The van der Waals surface area contributed by atoms with E-state index >= 15 is 0 Å². The number of piperazine rings is 1. The molecule has 3 saturated heterocycles.